The Morgan fingerprint density at radius 3 is 2.95 bits per heavy atom. The number of aromatic nitrogens is 2. The Bertz CT molecular complexity index is 705. The van der Waals surface area contributed by atoms with Crippen LogP contribution in [0.4, 0.5) is 11.8 Å². The fourth-order valence-corrected chi connectivity index (χ4v) is 3.56. The third-order valence-corrected chi connectivity index (χ3v) is 4.87. The van der Waals surface area contributed by atoms with E-state index in [2.05, 4.69) is 50.5 Å². The third-order valence-electron chi connectivity index (χ3n) is 2.96. The molecule has 0 unspecified atom stereocenters. The summed E-state index contributed by atoms with van der Waals surface area (Å²) in [6.45, 7) is 2.88. The number of hydrogen-bond acceptors (Lipinski definition) is 7. The van der Waals surface area contributed by atoms with Gasteiger partial charge in [-0.15, -0.1) is 11.3 Å². The summed E-state index contributed by atoms with van der Waals surface area (Å²) in [5.41, 5.74) is 3.77. The van der Waals surface area contributed by atoms with E-state index < -0.39 is 0 Å². The molecule has 3 aromatic rings. The van der Waals surface area contributed by atoms with Crippen molar-refractivity contribution in [1.82, 2.24) is 9.97 Å². The molecular weight excluding hydrogens is 290 g/mol. The van der Waals surface area contributed by atoms with Crippen LogP contribution in [0.3, 0.4) is 0 Å². The maximum atomic E-state index is 5.44. The van der Waals surface area contributed by atoms with E-state index in [1.165, 1.54) is 10.4 Å². The van der Waals surface area contributed by atoms with Gasteiger partial charge in [-0.05, 0) is 34.9 Å². The van der Waals surface area contributed by atoms with Crippen LogP contribution in [0.1, 0.15) is 17.4 Å². The summed E-state index contributed by atoms with van der Waals surface area (Å²) in [5.74, 6) is 6.71. The van der Waals surface area contributed by atoms with Crippen LogP contribution in [0.2, 0.25) is 0 Å². The molecule has 0 atom stereocenters. The van der Waals surface area contributed by atoms with Gasteiger partial charge >= 0.3 is 0 Å². The van der Waals surface area contributed by atoms with Crippen molar-refractivity contribution < 1.29 is 0 Å². The molecule has 0 fully saturated rings. The van der Waals surface area contributed by atoms with Gasteiger partial charge in [-0.25, -0.2) is 10.8 Å². The van der Waals surface area contributed by atoms with Crippen LogP contribution >= 0.6 is 22.7 Å². The first-order valence-electron chi connectivity index (χ1n) is 6.32. The van der Waals surface area contributed by atoms with Crippen molar-refractivity contribution in [3.63, 3.8) is 0 Å². The maximum Gasteiger partial charge on any atom is 0.240 e. The molecule has 3 aromatic heterocycles. The second-order valence-corrected chi connectivity index (χ2v) is 6.21. The topological polar surface area (TPSA) is 75.9 Å². The summed E-state index contributed by atoms with van der Waals surface area (Å²) in [4.78, 5) is 11.1. The number of nitrogens with two attached hydrogens (primary N) is 1. The molecule has 0 spiro atoms. The first-order valence-corrected chi connectivity index (χ1v) is 8.08. The molecule has 104 valence electrons. The quantitative estimate of drug-likeness (QED) is 0.498. The first-order chi connectivity index (χ1) is 9.80. The zero-order valence-electron chi connectivity index (χ0n) is 11.0. The highest BCUT2D eigenvalue weighted by atomic mass is 32.1. The summed E-state index contributed by atoms with van der Waals surface area (Å²) in [5, 5.41) is 8.62. The minimum Gasteiger partial charge on any atom is -0.365 e. The summed E-state index contributed by atoms with van der Waals surface area (Å²) in [6, 6.07) is 4.25. The Morgan fingerprint density at radius 2 is 2.25 bits per heavy atom. The zero-order chi connectivity index (χ0) is 13.9. The van der Waals surface area contributed by atoms with Crippen molar-refractivity contribution in [3.05, 3.63) is 33.3 Å². The fraction of sp³-hybridized carbons (Fsp3) is 0.231. The first kappa shape index (κ1) is 13.3. The summed E-state index contributed by atoms with van der Waals surface area (Å²) in [6.07, 6.45) is 0.996. The fourth-order valence-electron chi connectivity index (χ4n) is 1.92. The predicted octanol–water partition coefficient (Wildman–Crippen LogP) is 3.21. The van der Waals surface area contributed by atoms with E-state index in [0.717, 1.165) is 29.0 Å². The predicted molar refractivity (Wildman–Crippen MR) is 86.2 cm³/mol. The van der Waals surface area contributed by atoms with Gasteiger partial charge in [0.05, 0.1) is 5.39 Å². The second kappa shape index (κ2) is 5.74. The van der Waals surface area contributed by atoms with Gasteiger partial charge in [0.2, 0.25) is 5.95 Å². The Kier molecular flexibility index (Phi) is 3.81. The second-order valence-electron chi connectivity index (χ2n) is 4.31. The Labute approximate surface area is 124 Å². The SMILES string of the molecule is CCc1cc2c(NCc3ccsc3)nc(NN)nc2s1. The number of hydrogen-bond donors (Lipinski definition) is 3. The maximum absolute atomic E-state index is 5.44. The average molecular weight is 305 g/mol. The summed E-state index contributed by atoms with van der Waals surface area (Å²) < 4.78 is 0. The molecule has 5 nitrogen and oxygen atoms in total. The zero-order valence-corrected chi connectivity index (χ0v) is 12.6. The highest BCUT2D eigenvalue weighted by molar-refractivity contribution is 7.18. The van der Waals surface area contributed by atoms with Crippen molar-refractivity contribution in [2.45, 2.75) is 19.9 Å². The molecule has 4 N–H and O–H groups in total. The lowest BCUT2D eigenvalue weighted by Gasteiger charge is -2.07. The molecule has 0 radical (unpaired) electrons. The smallest absolute Gasteiger partial charge is 0.240 e. The Morgan fingerprint density at radius 1 is 1.35 bits per heavy atom. The minimum atomic E-state index is 0.440. The number of rotatable bonds is 5. The molecule has 0 aliphatic carbocycles. The highest BCUT2D eigenvalue weighted by Gasteiger charge is 2.11. The molecule has 20 heavy (non-hydrogen) atoms. The highest BCUT2D eigenvalue weighted by Crippen LogP contribution is 2.30. The van der Waals surface area contributed by atoms with Crippen LogP contribution in [0, 0.1) is 0 Å². The van der Waals surface area contributed by atoms with E-state index in [4.69, 9.17) is 5.84 Å². The van der Waals surface area contributed by atoms with E-state index in [1.54, 1.807) is 22.7 Å². The molecular formula is C13H15N5S2. The number of nitrogen functional groups attached to an aromatic ring is 1. The van der Waals surface area contributed by atoms with Crippen molar-refractivity contribution in [3.8, 4) is 0 Å². The Hall–Kier alpha value is -1.70. The van der Waals surface area contributed by atoms with E-state index >= 15 is 0 Å². The number of nitrogens with zero attached hydrogens (tertiary/aromatic N) is 2. The van der Waals surface area contributed by atoms with Gasteiger partial charge in [0.1, 0.15) is 10.6 Å². The lowest BCUT2D eigenvalue weighted by Crippen LogP contribution is -2.12. The largest absolute Gasteiger partial charge is 0.365 e. The van der Waals surface area contributed by atoms with Crippen molar-refractivity contribution in [2.75, 3.05) is 10.7 Å². The van der Waals surface area contributed by atoms with Crippen LogP contribution < -0.4 is 16.6 Å². The number of fused-ring (bicyclic) bond motifs is 1. The van der Waals surface area contributed by atoms with Gasteiger partial charge in [0, 0.05) is 11.4 Å². The number of hydrazine groups is 1. The lowest BCUT2D eigenvalue weighted by molar-refractivity contribution is 1.10. The van der Waals surface area contributed by atoms with E-state index in [1.807, 2.05) is 0 Å². The van der Waals surface area contributed by atoms with Crippen LogP contribution in [0.25, 0.3) is 10.2 Å². The number of aryl methyl sites for hydroxylation is 1. The van der Waals surface area contributed by atoms with E-state index in [9.17, 15) is 0 Å². The third kappa shape index (κ3) is 2.60. The molecule has 0 aliphatic heterocycles. The molecule has 0 aromatic carbocycles. The van der Waals surface area contributed by atoms with Gasteiger partial charge in [0.15, 0.2) is 0 Å². The molecule has 3 rings (SSSR count). The van der Waals surface area contributed by atoms with Crippen LogP contribution in [-0.2, 0) is 13.0 Å². The summed E-state index contributed by atoms with van der Waals surface area (Å²) in [7, 11) is 0. The van der Waals surface area contributed by atoms with Crippen molar-refractivity contribution in [2.24, 2.45) is 5.84 Å². The monoisotopic (exact) mass is 305 g/mol. The van der Waals surface area contributed by atoms with Crippen LogP contribution in [-0.4, -0.2) is 9.97 Å². The molecule has 0 saturated carbocycles. The Balaban J connectivity index is 1.96. The molecule has 0 amide bonds. The van der Waals surface area contributed by atoms with Crippen LogP contribution in [0.15, 0.2) is 22.9 Å². The molecule has 3 heterocycles. The molecule has 0 bridgehead atoms. The van der Waals surface area contributed by atoms with Gasteiger partial charge in [-0.1, -0.05) is 6.92 Å². The number of anilines is 2. The molecule has 7 heteroatoms. The van der Waals surface area contributed by atoms with Gasteiger partial charge in [-0.3, -0.25) is 5.43 Å². The van der Waals surface area contributed by atoms with E-state index in [-0.39, 0.29) is 0 Å². The minimum absolute atomic E-state index is 0.440. The number of nitrogens with one attached hydrogen (secondary N) is 2. The average Bonchev–Trinajstić information content (AvgIpc) is 3.12. The van der Waals surface area contributed by atoms with Crippen LogP contribution in [0.5, 0.6) is 0 Å². The lowest BCUT2D eigenvalue weighted by atomic mass is 10.3. The van der Waals surface area contributed by atoms with Gasteiger partial charge in [0.25, 0.3) is 0 Å². The van der Waals surface area contributed by atoms with Crippen molar-refractivity contribution in [1.29, 1.82) is 0 Å². The van der Waals surface area contributed by atoms with E-state index in [0.29, 0.717) is 5.95 Å². The molecule has 0 aliphatic rings. The normalized spacial score (nSPS) is 10.9. The number of thiophene rings is 2. The van der Waals surface area contributed by atoms with Gasteiger partial charge < -0.3 is 5.32 Å². The summed E-state index contributed by atoms with van der Waals surface area (Å²) >= 11 is 3.37. The van der Waals surface area contributed by atoms with Gasteiger partial charge in [-0.2, -0.15) is 16.3 Å². The van der Waals surface area contributed by atoms with Crippen molar-refractivity contribution >= 4 is 44.7 Å². The standard InChI is InChI=1S/C13H15N5S2/c1-2-9-5-10-11(15-6-8-3-4-19-7-8)16-13(18-14)17-12(10)20-9/h3-5,7H,2,6,14H2,1H3,(H2,15,16,17,18). The molecule has 0 saturated heterocycles.